The van der Waals surface area contributed by atoms with Gasteiger partial charge in [-0.2, -0.15) is 0 Å². The van der Waals surface area contributed by atoms with Gasteiger partial charge in [0.2, 0.25) is 11.7 Å². The number of rotatable bonds is 3. The molecule has 3 aromatic rings. The molecule has 0 fully saturated rings. The highest BCUT2D eigenvalue weighted by atomic mass is 32.2. The standard InChI is InChI=1S/C17H12FNO4S.C6H6N2O/c1-19-14-6-5-11(17(21)22)9-13(14)16(20)15(24(19)23)8-10-3-2-4-12(18)7-10;7-6(9)5-1-3-8-4-2-5/h2-9H,1H3,(H,21,22);1-4H,(H2,7,9)/b15-8+;. The van der Waals surface area contributed by atoms with Crippen molar-refractivity contribution in [2.24, 2.45) is 5.73 Å². The van der Waals surface area contributed by atoms with Gasteiger partial charge in [0.1, 0.15) is 10.7 Å². The number of amides is 1. The summed E-state index contributed by atoms with van der Waals surface area (Å²) in [6.07, 6.45) is 4.41. The Labute approximate surface area is 190 Å². The predicted molar refractivity (Wildman–Crippen MR) is 121 cm³/mol. The van der Waals surface area contributed by atoms with Crippen LogP contribution in [0.5, 0.6) is 0 Å². The number of hydrogen-bond donors (Lipinski definition) is 2. The maximum Gasteiger partial charge on any atom is 0.335 e. The number of hydrogen-bond acceptors (Lipinski definition) is 5. The second-order valence-corrected chi connectivity index (χ2v) is 8.26. The summed E-state index contributed by atoms with van der Waals surface area (Å²) in [5, 5.41) is 9.08. The van der Waals surface area contributed by atoms with Gasteiger partial charge >= 0.3 is 5.97 Å². The Morgan fingerprint density at radius 2 is 1.79 bits per heavy atom. The number of aromatic carboxylic acids is 1. The van der Waals surface area contributed by atoms with E-state index in [0.29, 0.717) is 16.8 Å². The van der Waals surface area contributed by atoms with Crippen LogP contribution in [0.2, 0.25) is 0 Å². The van der Waals surface area contributed by atoms with Crippen molar-refractivity contribution < 1.29 is 28.1 Å². The van der Waals surface area contributed by atoms with Crippen molar-refractivity contribution in [3.05, 3.63) is 100.0 Å². The van der Waals surface area contributed by atoms with Gasteiger partial charge < -0.3 is 10.8 Å². The number of primary amides is 1. The van der Waals surface area contributed by atoms with Gasteiger partial charge in [0, 0.05) is 30.6 Å². The lowest BCUT2D eigenvalue weighted by Crippen LogP contribution is -2.31. The van der Waals surface area contributed by atoms with Gasteiger partial charge in [0.25, 0.3) is 0 Å². The molecule has 1 aliphatic heterocycles. The van der Waals surface area contributed by atoms with Gasteiger partial charge in [0.15, 0.2) is 11.0 Å². The molecule has 0 aliphatic carbocycles. The summed E-state index contributed by atoms with van der Waals surface area (Å²) in [5.74, 6) is -2.58. The monoisotopic (exact) mass is 467 g/mol. The molecular weight excluding hydrogens is 449 g/mol. The van der Waals surface area contributed by atoms with E-state index >= 15 is 0 Å². The number of allylic oxidation sites excluding steroid dienone is 1. The highest BCUT2D eigenvalue weighted by Crippen LogP contribution is 2.33. The number of anilines is 1. The first kappa shape index (κ1) is 23.5. The normalized spacial score (nSPS) is 15.9. The Hall–Kier alpha value is -4.18. The number of Topliss-reactive ketones (excluding diaryl/α,β-unsaturated/α-hetero) is 1. The number of carbonyl (C=O) groups excluding carboxylic acids is 2. The third-order valence-electron chi connectivity index (χ3n) is 4.60. The fraction of sp³-hybridized carbons (Fsp3) is 0.0435. The summed E-state index contributed by atoms with van der Waals surface area (Å²) < 4.78 is 27.2. The van der Waals surface area contributed by atoms with Crippen LogP contribution in [0.15, 0.2) is 71.9 Å². The molecule has 168 valence electrons. The summed E-state index contributed by atoms with van der Waals surface area (Å²) in [7, 11) is -0.221. The minimum atomic E-state index is -1.76. The van der Waals surface area contributed by atoms with Gasteiger partial charge in [-0.05, 0) is 54.1 Å². The summed E-state index contributed by atoms with van der Waals surface area (Å²) in [6.45, 7) is 0. The zero-order valence-electron chi connectivity index (χ0n) is 17.3. The van der Waals surface area contributed by atoms with Crippen molar-refractivity contribution in [1.82, 2.24) is 4.98 Å². The third-order valence-corrected chi connectivity index (χ3v) is 5.97. The van der Waals surface area contributed by atoms with Gasteiger partial charge in [-0.1, -0.05) is 12.1 Å². The van der Waals surface area contributed by atoms with Crippen LogP contribution in [-0.2, 0) is 11.0 Å². The maximum atomic E-state index is 13.3. The molecule has 2 aromatic carbocycles. The van der Waals surface area contributed by atoms with Gasteiger partial charge in [-0.3, -0.25) is 18.9 Å². The molecule has 2 heterocycles. The van der Waals surface area contributed by atoms with E-state index in [0.717, 1.165) is 0 Å². The molecule has 1 amide bonds. The molecule has 0 spiro atoms. The van der Waals surface area contributed by atoms with Crippen LogP contribution < -0.4 is 10.0 Å². The van der Waals surface area contributed by atoms with Crippen LogP contribution in [0, 0.1) is 5.82 Å². The predicted octanol–water partition coefficient (Wildman–Crippen LogP) is 3.04. The van der Waals surface area contributed by atoms with E-state index in [1.165, 1.54) is 59.2 Å². The zero-order chi connectivity index (χ0) is 24.1. The summed E-state index contributed by atoms with van der Waals surface area (Å²) >= 11 is 0. The number of fused-ring (bicyclic) bond motifs is 1. The molecule has 0 radical (unpaired) electrons. The Bertz CT molecular complexity index is 1290. The highest BCUT2D eigenvalue weighted by Gasteiger charge is 2.32. The second kappa shape index (κ2) is 9.96. The zero-order valence-corrected chi connectivity index (χ0v) is 18.1. The second-order valence-electron chi connectivity index (χ2n) is 6.78. The van der Waals surface area contributed by atoms with Crippen LogP contribution in [0.3, 0.4) is 0 Å². The lowest BCUT2D eigenvalue weighted by molar-refractivity contribution is 0.0696. The van der Waals surface area contributed by atoms with E-state index in [1.54, 1.807) is 25.2 Å². The Morgan fingerprint density at radius 1 is 1.09 bits per heavy atom. The Kier molecular flexibility index (Phi) is 7.09. The average Bonchev–Trinajstić information content (AvgIpc) is 2.81. The van der Waals surface area contributed by atoms with Crippen molar-refractivity contribution in [3.8, 4) is 0 Å². The van der Waals surface area contributed by atoms with Gasteiger partial charge in [0.05, 0.1) is 11.3 Å². The number of ketones is 1. The average molecular weight is 467 g/mol. The minimum absolute atomic E-state index is 0.0295. The van der Waals surface area contributed by atoms with E-state index in [-0.39, 0.29) is 16.0 Å². The van der Waals surface area contributed by atoms with Crippen molar-refractivity contribution in [1.29, 1.82) is 0 Å². The number of benzene rings is 2. The Morgan fingerprint density at radius 3 is 2.36 bits per heavy atom. The lowest BCUT2D eigenvalue weighted by atomic mass is 10.0. The van der Waals surface area contributed by atoms with E-state index < -0.39 is 34.5 Å². The molecule has 1 aromatic heterocycles. The SMILES string of the molecule is CN1c2ccc(C(=O)O)cc2C(=O)/C(=C\c2cccc(F)c2)S1=O.NC(=O)c1ccncc1. The molecule has 33 heavy (non-hydrogen) atoms. The molecule has 4 rings (SSSR count). The molecule has 0 saturated heterocycles. The molecular formula is C23H18FN3O5S. The third kappa shape index (κ3) is 5.36. The van der Waals surface area contributed by atoms with Crippen LogP contribution in [0.1, 0.15) is 36.6 Å². The van der Waals surface area contributed by atoms with E-state index in [4.69, 9.17) is 10.8 Å². The number of carbonyl (C=O) groups is 3. The van der Waals surface area contributed by atoms with Crippen molar-refractivity contribution in [2.75, 3.05) is 11.4 Å². The van der Waals surface area contributed by atoms with Gasteiger partial charge in [-0.15, -0.1) is 0 Å². The number of halogens is 1. The van der Waals surface area contributed by atoms with Crippen molar-refractivity contribution in [3.63, 3.8) is 0 Å². The smallest absolute Gasteiger partial charge is 0.335 e. The lowest BCUT2D eigenvalue weighted by Gasteiger charge is -2.27. The number of carboxylic acids is 1. The first-order valence-corrected chi connectivity index (χ1v) is 10.5. The number of carboxylic acid groups (broad SMARTS) is 1. The van der Waals surface area contributed by atoms with Gasteiger partial charge in [-0.25, -0.2) is 13.4 Å². The quantitative estimate of drug-likeness (QED) is 0.570. The van der Waals surface area contributed by atoms with Crippen LogP contribution in [-0.4, -0.2) is 39.0 Å². The molecule has 10 heteroatoms. The summed E-state index contributed by atoms with van der Waals surface area (Å²) in [5.41, 5.74) is 6.35. The molecule has 1 unspecified atom stereocenters. The minimum Gasteiger partial charge on any atom is -0.478 e. The highest BCUT2D eigenvalue weighted by molar-refractivity contribution is 7.91. The fourth-order valence-electron chi connectivity index (χ4n) is 2.95. The largest absolute Gasteiger partial charge is 0.478 e. The number of pyridine rings is 1. The maximum absolute atomic E-state index is 13.3. The molecule has 0 bridgehead atoms. The van der Waals surface area contributed by atoms with Crippen LogP contribution in [0.4, 0.5) is 10.1 Å². The molecule has 1 aliphatic rings. The fourth-order valence-corrected chi connectivity index (χ4v) is 4.09. The van der Waals surface area contributed by atoms with Crippen LogP contribution >= 0.6 is 0 Å². The molecule has 8 nitrogen and oxygen atoms in total. The van der Waals surface area contributed by atoms with Crippen molar-refractivity contribution >= 4 is 40.4 Å². The number of aromatic nitrogens is 1. The van der Waals surface area contributed by atoms with E-state index in [1.807, 2.05) is 0 Å². The molecule has 1 atom stereocenters. The Balaban J connectivity index is 0.000000286. The first-order valence-electron chi connectivity index (χ1n) is 9.43. The van der Waals surface area contributed by atoms with E-state index in [2.05, 4.69) is 4.98 Å². The van der Waals surface area contributed by atoms with Crippen LogP contribution in [0.25, 0.3) is 6.08 Å². The van der Waals surface area contributed by atoms with Crippen molar-refractivity contribution in [2.45, 2.75) is 0 Å². The summed E-state index contributed by atoms with van der Waals surface area (Å²) in [6, 6.07) is 12.8. The number of nitrogens with zero attached hydrogens (tertiary/aromatic N) is 2. The molecule has 3 N–H and O–H groups in total. The number of nitrogens with two attached hydrogens (primary N) is 1. The first-order chi connectivity index (χ1) is 15.7. The van der Waals surface area contributed by atoms with E-state index in [9.17, 15) is 23.0 Å². The molecule has 0 saturated carbocycles. The topological polar surface area (TPSA) is 131 Å². The summed E-state index contributed by atoms with van der Waals surface area (Å²) in [4.78, 5) is 37.9.